The number of hydrogen-bond donors (Lipinski definition) is 0. The number of carbonyl (C=O) groups excluding carboxylic acids is 2. The van der Waals surface area contributed by atoms with Gasteiger partial charge < -0.3 is 4.74 Å². The summed E-state index contributed by atoms with van der Waals surface area (Å²) in [6.45, 7) is 0.309. The molecule has 1 aliphatic rings. The third-order valence-electron chi connectivity index (χ3n) is 4.23. The van der Waals surface area contributed by atoms with Crippen LogP contribution in [0, 0.1) is 0 Å². The van der Waals surface area contributed by atoms with E-state index in [1.54, 1.807) is 22.8 Å². The molecule has 0 saturated heterocycles. The maximum atomic E-state index is 12.4. The van der Waals surface area contributed by atoms with Crippen LogP contribution in [0.15, 0.2) is 35.1 Å². The number of halogens is 1. The number of carbonyl (C=O) groups is 2. The van der Waals surface area contributed by atoms with E-state index in [2.05, 4.69) is 4.98 Å². The molecule has 4 rings (SSSR count). The SMILES string of the molecule is O=C(OCC(=O)c1ccc(Cl)s1)c1ccc2c(=O)n3c(nc2c1)CCC3. The number of aryl methyl sites for hydroxylation is 1. The normalized spacial score (nSPS) is 13.0. The van der Waals surface area contributed by atoms with Crippen LogP contribution in [0.4, 0.5) is 0 Å². The van der Waals surface area contributed by atoms with Crippen LogP contribution in [0.3, 0.4) is 0 Å². The van der Waals surface area contributed by atoms with Gasteiger partial charge in [-0.2, -0.15) is 0 Å². The average molecular weight is 389 g/mol. The van der Waals surface area contributed by atoms with Gasteiger partial charge in [0, 0.05) is 13.0 Å². The molecule has 132 valence electrons. The second kappa shape index (κ2) is 6.66. The summed E-state index contributed by atoms with van der Waals surface area (Å²) in [4.78, 5) is 41.6. The van der Waals surface area contributed by atoms with E-state index in [4.69, 9.17) is 16.3 Å². The zero-order chi connectivity index (χ0) is 18.3. The minimum atomic E-state index is -0.634. The Morgan fingerprint density at radius 1 is 1.27 bits per heavy atom. The first kappa shape index (κ1) is 16.9. The van der Waals surface area contributed by atoms with Crippen LogP contribution in [0.1, 0.15) is 32.3 Å². The summed E-state index contributed by atoms with van der Waals surface area (Å²) >= 11 is 6.93. The quantitative estimate of drug-likeness (QED) is 0.507. The lowest BCUT2D eigenvalue weighted by Gasteiger charge is -2.07. The Hall–Kier alpha value is -2.51. The Labute approximate surface area is 157 Å². The molecule has 0 spiro atoms. The molecule has 0 amide bonds. The molecule has 3 heterocycles. The van der Waals surface area contributed by atoms with Crippen molar-refractivity contribution in [3.63, 3.8) is 0 Å². The molecule has 0 unspecified atom stereocenters. The van der Waals surface area contributed by atoms with Crippen molar-refractivity contribution in [3.05, 3.63) is 61.3 Å². The number of hydrogen-bond acceptors (Lipinski definition) is 6. The third kappa shape index (κ3) is 3.04. The van der Waals surface area contributed by atoms with Crippen molar-refractivity contribution in [2.24, 2.45) is 0 Å². The fraction of sp³-hybridized carbons (Fsp3) is 0.222. The standard InChI is InChI=1S/C18H13ClN2O4S/c19-15-6-5-14(26-15)13(22)9-25-18(24)10-3-4-11-12(8-10)20-16-2-1-7-21(16)17(11)23/h3-6,8H,1-2,7,9H2. The fourth-order valence-corrected chi connectivity index (χ4v) is 3.93. The number of esters is 1. The maximum Gasteiger partial charge on any atom is 0.338 e. The summed E-state index contributed by atoms with van der Waals surface area (Å²) < 4.78 is 7.26. The van der Waals surface area contributed by atoms with E-state index < -0.39 is 5.97 Å². The molecule has 8 heteroatoms. The molecule has 1 aliphatic heterocycles. The Bertz CT molecular complexity index is 1100. The summed E-state index contributed by atoms with van der Waals surface area (Å²) in [5, 5.41) is 0.469. The van der Waals surface area contributed by atoms with Crippen molar-refractivity contribution in [2.75, 3.05) is 6.61 Å². The lowest BCUT2D eigenvalue weighted by molar-refractivity contribution is 0.0476. The lowest BCUT2D eigenvalue weighted by Crippen LogP contribution is -2.21. The van der Waals surface area contributed by atoms with Gasteiger partial charge in [-0.05, 0) is 36.8 Å². The molecule has 0 N–H and O–H groups in total. The van der Waals surface area contributed by atoms with Gasteiger partial charge >= 0.3 is 5.97 Å². The number of ether oxygens (including phenoxy) is 1. The molecule has 2 aromatic heterocycles. The highest BCUT2D eigenvalue weighted by atomic mass is 35.5. The molecular formula is C18H13ClN2O4S. The largest absolute Gasteiger partial charge is 0.454 e. The number of nitrogens with zero attached hydrogens (tertiary/aromatic N) is 2. The predicted molar refractivity (Wildman–Crippen MR) is 98.3 cm³/mol. The van der Waals surface area contributed by atoms with Gasteiger partial charge in [0.05, 0.1) is 25.7 Å². The van der Waals surface area contributed by atoms with E-state index in [0.717, 1.165) is 30.0 Å². The van der Waals surface area contributed by atoms with E-state index in [9.17, 15) is 14.4 Å². The Kier molecular flexibility index (Phi) is 4.34. The van der Waals surface area contributed by atoms with E-state index in [1.165, 1.54) is 12.1 Å². The molecule has 0 radical (unpaired) electrons. The second-order valence-electron chi connectivity index (χ2n) is 5.92. The van der Waals surface area contributed by atoms with Crippen LogP contribution in [0.25, 0.3) is 10.9 Å². The number of ketones is 1. The van der Waals surface area contributed by atoms with Crippen LogP contribution in [-0.2, 0) is 17.7 Å². The molecule has 0 fully saturated rings. The van der Waals surface area contributed by atoms with Gasteiger partial charge in [-0.25, -0.2) is 9.78 Å². The minimum absolute atomic E-state index is 0.0906. The topological polar surface area (TPSA) is 78.3 Å². The monoisotopic (exact) mass is 388 g/mol. The Balaban J connectivity index is 1.54. The summed E-state index contributed by atoms with van der Waals surface area (Å²) in [5.41, 5.74) is 0.630. The summed E-state index contributed by atoms with van der Waals surface area (Å²) in [6.07, 6.45) is 1.64. The average Bonchev–Trinajstić information content (AvgIpc) is 3.28. The van der Waals surface area contributed by atoms with Gasteiger partial charge in [0.15, 0.2) is 6.61 Å². The van der Waals surface area contributed by atoms with Crippen molar-refractivity contribution in [1.29, 1.82) is 0 Å². The molecular weight excluding hydrogens is 376 g/mol. The predicted octanol–water partition coefficient (Wildman–Crippen LogP) is 3.10. The molecule has 0 atom stereocenters. The number of Topliss-reactive ketones (excluding diaryl/α,β-unsaturated/α-hetero) is 1. The number of rotatable bonds is 4. The highest BCUT2D eigenvalue weighted by molar-refractivity contribution is 7.18. The molecule has 0 bridgehead atoms. The van der Waals surface area contributed by atoms with Gasteiger partial charge in [0.25, 0.3) is 5.56 Å². The molecule has 26 heavy (non-hydrogen) atoms. The molecule has 3 aromatic rings. The van der Waals surface area contributed by atoms with Crippen LogP contribution in [0.2, 0.25) is 4.34 Å². The highest BCUT2D eigenvalue weighted by Crippen LogP contribution is 2.22. The fourth-order valence-electron chi connectivity index (χ4n) is 2.96. The van der Waals surface area contributed by atoms with Crippen LogP contribution in [-0.4, -0.2) is 27.9 Å². The van der Waals surface area contributed by atoms with Gasteiger partial charge in [0.2, 0.25) is 5.78 Å². The lowest BCUT2D eigenvalue weighted by atomic mass is 10.1. The first-order valence-corrected chi connectivity index (χ1v) is 9.21. The van der Waals surface area contributed by atoms with Crippen LogP contribution >= 0.6 is 22.9 Å². The van der Waals surface area contributed by atoms with Gasteiger partial charge in [-0.1, -0.05) is 11.6 Å². The number of fused-ring (bicyclic) bond motifs is 2. The van der Waals surface area contributed by atoms with E-state index in [-0.39, 0.29) is 23.5 Å². The molecule has 6 nitrogen and oxygen atoms in total. The Morgan fingerprint density at radius 3 is 2.88 bits per heavy atom. The number of aromatic nitrogens is 2. The van der Waals surface area contributed by atoms with Crippen LogP contribution in [0.5, 0.6) is 0 Å². The molecule has 0 aliphatic carbocycles. The van der Waals surface area contributed by atoms with Crippen molar-refractivity contribution < 1.29 is 14.3 Å². The zero-order valence-corrected chi connectivity index (χ0v) is 15.1. The van der Waals surface area contributed by atoms with E-state index in [1.807, 2.05) is 0 Å². The highest BCUT2D eigenvalue weighted by Gasteiger charge is 2.18. The Morgan fingerprint density at radius 2 is 2.12 bits per heavy atom. The van der Waals surface area contributed by atoms with Crippen LogP contribution < -0.4 is 5.56 Å². The van der Waals surface area contributed by atoms with E-state index in [0.29, 0.717) is 26.7 Å². The maximum absolute atomic E-state index is 12.4. The summed E-state index contributed by atoms with van der Waals surface area (Å²) in [7, 11) is 0. The number of thiophene rings is 1. The summed E-state index contributed by atoms with van der Waals surface area (Å²) in [5.74, 6) is -0.215. The summed E-state index contributed by atoms with van der Waals surface area (Å²) in [6, 6.07) is 7.84. The van der Waals surface area contributed by atoms with Crippen molar-refractivity contribution >= 4 is 45.6 Å². The first-order valence-electron chi connectivity index (χ1n) is 8.02. The number of benzene rings is 1. The minimum Gasteiger partial charge on any atom is -0.454 e. The van der Waals surface area contributed by atoms with Crippen molar-refractivity contribution in [2.45, 2.75) is 19.4 Å². The zero-order valence-electron chi connectivity index (χ0n) is 13.5. The van der Waals surface area contributed by atoms with Gasteiger partial charge in [0.1, 0.15) is 5.82 Å². The second-order valence-corrected chi connectivity index (χ2v) is 7.64. The van der Waals surface area contributed by atoms with Gasteiger partial charge in [-0.15, -0.1) is 11.3 Å². The van der Waals surface area contributed by atoms with Crippen molar-refractivity contribution in [3.8, 4) is 0 Å². The first-order chi connectivity index (χ1) is 12.5. The third-order valence-corrected chi connectivity index (χ3v) is 5.51. The molecule has 0 saturated carbocycles. The smallest absolute Gasteiger partial charge is 0.338 e. The van der Waals surface area contributed by atoms with Gasteiger partial charge in [-0.3, -0.25) is 14.2 Å². The molecule has 1 aromatic carbocycles. The van der Waals surface area contributed by atoms with Crippen molar-refractivity contribution in [1.82, 2.24) is 9.55 Å². The van der Waals surface area contributed by atoms with E-state index >= 15 is 0 Å².